The number of nitrogens with zero attached hydrogens (tertiary/aromatic N) is 1. The number of carbonyl (C=O) groups is 1. The summed E-state index contributed by atoms with van der Waals surface area (Å²) >= 11 is 0. The van der Waals surface area contributed by atoms with Gasteiger partial charge in [-0.15, -0.1) is 5.69 Å². The van der Waals surface area contributed by atoms with Crippen molar-refractivity contribution in [1.29, 1.82) is 0 Å². The molecule has 0 atom stereocenters. The number of hydrogen-bond donors (Lipinski definition) is 0. The fourth-order valence-electron chi connectivity index (χ4n) is 0.870. The first-order valence-electron chi connectivity index (χ1n) is 3.67. The Morgan fingerprint density at radius 1 is 1.54 bits per heavy atom. The summed E-state index contributed by atoms with van der Waals surface area (Å²) < 4.78 is 0. The Bertz CT molecular complexity index is 310. The molecule has 0 saturated heterocycles. The van der Waals surface area contributed by atoms with Crippen molar-refractivity contribution in [2.24, 2.45) is 0 Å². The maximum absolute atomic E-state index is 10.8. The minimum absolute atomic E-state index is 0. The van der Waals surface area contributed by atoms with Crippen LogP contribution in [0.25, 0.3) is 5.32 Å². The molecule has 0 radical (unpaired) electrons. The Hall–Kier alpha value is -0.570. The maximum atomic E-state index is 10.8. The zero-order chi connectivity index (χ0) is 8.97. The predicted octanol–water partition coefficient (Wildman–Crippen LogP) is -0.283. The van der Waals surface area contributed by atoms with Crippen LogP contribution in [0.15, 0.2) is 36.9 Å². The summed E-state index contributed by atoms with van der Waals surface area (Å²) in [5, 5.41) is 3.78. The van der Waals surface area contributed by atoms with E-state index >= 15 is 0 Å². The molecule has 3 heteroatoms. The summed E-state index contributed by atoms with van der Waals surface area (Å²) in [5.74, 6) is -0.305. The van der Waals surface area contributed by atoms with Crippen LogP contribution in [0.3, 0.4) is 0 Å². The zero-order valence-corrected chi connectivity index (χ0v) is 9.95. The van der Waals surface area contributed by atoms with Crippen LogP contribution >= 0.6 is 0 Å². The quantitative estimate of drug-likeness (QED) is 0.458. The van der Waals surface area contributed by atoms with Crippen molar-refractivity contribution >= 4 is 11.6 Å². The molecule has 0 aliphatic carbocycles. The summed E-state index contributed by atoms with van der Waals surface area (Å²) in [6, 6.07) is 7.46. The molecule has 0 N–H and O–H groups in total. The SMILES string of the molecule is C=CC(=O)[N-]c1cccc(C)c1.[Na+]. The Kier molecular flexibility index (Phi) is 5.71. The second kappa shape index (κ2) is 5.97. The summed E-state index contributed by atoms with van der Waals surface area (Å²) in [5.41, 5.74) is 1.77. The topological polar surface area (TPSA) is 31.2 Å². The largest absolute Gasteiger partial charge is 1.00 e. The minimum atomic E-state index is -0.305. The molecule has 1 aromatic rings. The Balaban J connectivity index is 0.00000144. The average Bonchev–Trinajstić information content (AvgIpc) is 2.04. The summed E-state index contributed by atoms with van der Waals surface area (Å²) in [6.07, 6.45) is 1.20. The van der Waals surface area contributed by atoms with Crippen molar-refractivity contribution in [3.8, 4) is 0 Å². The molecule has 0 spiro atoms. The van der Waals surface area contributed by atoms with Gasteiger partial charge in [-0.1, -0.05) is 36.4 Å². The van der Waals surface area contributed by atoms with Gasteiger partial charge in [0, 0.05) is 0 Å². The van der Waals surface area contributed by atoms with Gasteiger partial charge in [-0.25, -0.2) is 0 Å². The van der Waals surface area contributed by atoms with E-state index in [-0.39, 0.29) is 35.5 Å². The third-order valence-electron chi connectivity index (χ3n) is 1.42. The Morgan fingerprint density at radius 2 is 2.23 bits per heavy atom. The van der Waals surface area contributed by atoms with Crippen LogP contribution in [0.2, 0.25) is 0 Å². The van der Waals surface area contributed by atoms with Gasteiger partial charge in [0.15, 0.2) is 0 Å². The zero-order valence-electron chi connectivity index (χ0n) is 7.95. The number of carbonyl (C=O) groups excluding carboxylic acids is 1. The molecule has 1 amide bonds. The molecule has 0 aromatic heterocycles. The number of hydrogen-bond acceptors (Lipinski definition) is 1. The standard InChI is InChI=1S/C10H11NO.Na/c1-3-10(12)11-9-6-4-5-8(2)7-9;/h3-7H,1H2,2H3,(H,11,12);/q;+1/p-1. The van der Waals surface area contributed by atoms with Crippen LogP contribution in [-0.2, 0) is 4.79 Å². The molecule has 0 fully saturated rings. The minimum Gasteiger partial charge on any atom is -0.623 e. The fraction of sp³-hybridized carbons (Fsp3) is 0.100. The Labute approximate surface area is 100 Å². The first-order valence-corrected chi connectivity index (χ1v) is 3.67. The van der Waals surface area contributed by atoms with E-state index in [4.69, 9.17) is 0 Å². The van der Waals surface area contributed by atoms with Gasteiger partial charge in [-0.2, -0.15) is 0 Å². The number of aryl methyl sites for hydroxylation is 1. The molecule has 13 heavy (non-hydrogen) atoms. The summed E-state index contributed by atoms with van der Waals surface area (Å²) in [7, 11) is 0. The molecule has 0 aliphatic rings. The molecule has 62 valence electrons. The molecule has 0 saturated carbocycles. The van der Waals surface area contributed by atoms with E-state index in [0.29, 0.717) is 5.69 Å². The van der Waals surface area contributed by atoms with E-state index < -0.39 is 0 Å². The van der Waals surface area contributed by atoms with E-state index in [1.54, 1.807) is 6.07 Å². The monoisotopic (exact) mass is 183 g/mol. The summed E-state index contributed by atoms with van der Waals surface area (Å²) in [4.78, 5) is 10.8. The van der Waals surface area contributed by atoms with Gasteiger partial charge < -0.3 is 10.1 Å². The third kappa shape index (κ3) is 4.27. The molecule has 0 aliphatic heterocycles. The van der Waals surface area contributed by atoms with Crippen molar-refractivity contribution in [3.05, 3.63) is 47.8 Å². The van der Waals surface area contributed by atoms with E-state index in [2.05, 4.69) is 11.9 Å². The van der Waals surface area contributed by atoms with Crippen LogP contribution in [0.4, 0.5) is 5.69 Å². The second-order valence-electron chi connectivity index (χ2n) is 2.49. The van der Waals surface area contributed by atoms with Gasteiger partial charge in [-0.3, -0.25) is 0 Å². The smallest absolute Gasteiger partial charge is 0.623 e. The van der Waals surface area contributed by atoms with Gasteiger partial charge >= 0.3 is 29.6 Å². The molecule has 0 heterocycles. The number of amides is 1. The van der Waals surface area contributed by atoms with E-state index in [1.807, 2.05) is 25.1 Å². The van der Waals surface area contributed by atoms with E-state index in [1.165, 1.54) is 6.08 Å². The first-order chi connectivity index (χ1) is 5.72. The summed E-state index contributed by atoms with van der Waals surface area (Å²) in [6.45, 7) is 5.29. The third-order valence-corrected chi connectivity index (χ3v) is 1.42. The van der Waals surface area contributed by atoms with E-state index in [9.17, 15) is 4.79 Å². The van der Waals surface area contributed by atoms with Gasteiger partial charge in [-0.05, 0) is 13.0 Å². The molecular weight excluding hydrogens is 173 g/mol. The van der Waals surface area contributed by atoms with E-state index in [0.717, 1.165) is 5.56 Å². The molecular formula is C10H10NNaO. The molecule has 1 rings (SSSR count). The molecule has 1 aromatic carbocycles. The van der Waals surface area contributed by atoms with Crippen molar-refractivity contribution in [2.45, 2.75) is 6.92 Å². The number of rotatable bonds is 2. The normalized spacial score (nSPS) is 8.38. The molecule has 0 unspecified atom stereocenters. The molecule has 2 nitrogen and oxygen atoms in total. The van der Waals surface area contributed by atoms with Crippen molar-refractivity contribution in [2.75, 3.05) is 0 Å². The van der Waals surface area contributed by atoms with Crippen molar-refractivity contribution in [3.63, 3.8) is 0 Å². The van der Waals surface area contributed by atoms with Crippen LogP contribution in [0.1, 0.15) is 5.56 Å². The molecule has 0 bridgehead atoms. The van der Waals surface area contributed by atoms with Crippen LogP contribution in [0.5, 0.6) is 0 Å². The first kappa shape index (κ1) is 12.4. The van der Waals surface area contributed by atoms with Gasteiger partial charge in [0.25, 0.3) is 0 Å². The Morgan fingerprint density at radius 3 is 2.77 bits per heavy atom. The van der Waals surface area contributed by atoms with Gasteiger partial charge in [0.05, 0.1) is 5.91 Å². The maximum Gasteiger partial charge on any atom is 1.00 e. The average molecular weight is 183 g/mol. The van der Waals surface area contributed by atoms with Crippen molar-refractivity contribution in [1.82, 2.24) is 0 Å². The van der Waals surface area contributed by atoms with Crippen LogP contribution in [-0.4, -0.2) is 5.91 Å². The van der Waals surface area contributed by atoms with Crippen molar-refractivity contribution < 1.29 is 34.4 Å². The second-order valence-corrected chi connectivity index (χ2v) is 2.49. The number of benzene rings is 1. The van der Waals surface area contributed by atoms with Crippen LogP contribution in [0, 0.1) is 6.92 Å². The van der Waals surface area contributed by atoms with Crippen LogP contribution < -0.4 is 29.6 Å². The fourth-order valence-corrected chi connectivity index (χ4v) is 0.870. The van der Waals surface area contributed by atoms with Gasteiger partial charge in [0.2, 0.25) is 0 Å². The predicted molar refractivity (Wildman–Crippen MR) is 49.4 cm³/mol. The van der Waals surface area contributed by atoms with Gasteiger partial charge in [0.1, 0.15) is 0 Å².